The van der Waals surface area contributed by atoms with Crippen LogP contribution >= 0.6 is 0 Å². The maximum absolute atomic E-state index is 13.6. The number of aryl methyl sites for hydroxylation is 1. The molecule has 1 N–H and O–H groups in total. The standard InChI is InChI=1S/C28H32N4O6/c1-18-23(31-12-5-4-10-21(31)29-18)25(33)22-24(19-8-6-9-20(36-2)27(19)37-3)32(28(35)26(22)34)13-7-11-30-14-16-38-17-15-30/h4-6,8-10,12,24,33H,7,11,13-17H2,1-3H3/t24-/m0/s1. The number of nitrogens with zero attached hydrogens (tertiary/aromatic N) is 4. The number of benzene rings is 1. The van der Waals surface area contributed by atoms with Crippen molar-refractivity contribution >= 4 is 23.1 Å². The number of likely N-dealkylation sites (tertiary alicyclic amines) is 1. The van der Waals surface area contributed by atoms with E-state index in [1.807, 2.05) is 18.2 Å². The third-order valence-corrected chi connectivity index (χ3v) is 7.17. The topological polar surface area (TPSA) is 106 Å². The maximum atomic E-state index is 13.6. The predicted octanol–water partition coefficient (Wildman–Crippen LogP) is 2.80. The lowest BCUT2D eigenvalue weighted by Gasteiger charge is -2.29. The van der Waals surface area contributed by atoms with Gasteiger partial charge in [0, 0.05) is 37.9 Å². The number of rotatable bonds is 8. The van der Waals surface area contributed by atoms with Crippen molar-refractivity contribution in [1.82, 2.24) is 19.2 Å². The Bertz CT molecular complexity index is 1390. The molecule has 10 nitrogen and oxygen atoms in total. The Balaban J connectivity index is 1.61. The Kier molecular flexibility index (Phi) is 7.35. The minimum atomic E-state index is -0.863. The average molecular weight is 521 g/mol. The summed E-state index contributed by atoms with van der Waals surface area (Å²) >= 11 is 0. The summed E-state index contributed by atoms with van der Waals surface area (Å²) in [5, 5.41) is 11.7. The summed E-state index contributed by atoms with van der Waals surface area (Å²) in [6.45, 7) is 5.89. The lowest BCUT2D eigenvalue weighted by molar-refractivity contribution is -0.140. The molecule has 2 saturated heterocycles. The van der Waals surface area contributed by atoms with Crippen molar-refractivity contribution in [3.8, 4) is 11.5 Å². The second kappa shape index (κ2) is 10.8. The fraction of sp³-hybridized carbons (Fsp3) is 0.393. The van der Waals surface area contributed by atoms with Crippen molar-refractivity contribution in [3.63, 3.8) is 0 Å². The highest BCUT2D eigenvalue weighted by Gasteiger charge is 2.47. The Hall–Kier alpha value is -3.89. The van der Waals surface area contributed by atoms with Crippen LogP contribution in [-0.2, 0) is 14.3 Å². The van der Waals surface area contributed by atoms with Gasteiger partial charge in [-0.15, -0.1) is 0 Å². The molecule has 200 valence electrons. The molecule has 4 heterocycles. The van der Waals surface area contributed by atoms with Gasteiger partial charge in [0.25, 0.3) is 11.7 Å². The second-order valence-corrected chi connectivity index (χ2v) is 9.36. The highest BCUT2D eigenvalue weighted by Crippen LogP contribution is 2.45. The van der Waals surface area contributed by atoms with Gasteiger partial charge in [0.2, 0.25) is 0 Å². The molecule has 0 spiro atoms. The number of hydrogen-bond acceptors (Lipinski definition) is 8. The summed E-state index contributed by atoms with van der Waals surface area (Å²) in [6.07, 6.45) is 2.43. The van der Waals surface area contributed by atoms with E-state index in [1.54, 1.807) is 35.7 Å². The first-order chi connectivity index (χ1) is 18.5. The summed E-state index contributed by atoms with van der Waals surface area (Å²) in [6, 6.07) is 9.94. The van der Waals surface area contributed by atoms with Gasteiger partial charge >= 0.3 is 0 Å². The zero-order valence-electron chi connectivity index (χ0n) is 21.8. The number of amides is 1. The molecule has 1 amide bonds. The number of aliphatic hydroxyl groups is 1. The smallest absolute Gasteiger partial charge is 0.295 e. The Morgan fingerprint density at radius 2 is 1.87 bits per heavy atom. The molecule has 2 fully saturated rings. The molecule has 38 heavy (non-hydrogen) atoms. The zero-order valence-corrected chi connectivity index (χ0v) is 21.8. The quantitative estimate of drug-likeness (QED) is 0.275. The number of para-hydroxylation sites is 1. The zero-order chi connectivity index (χ0) is 26.8. The molecular formula is C28H32N4O6. The van der Waals surface area contributed by atoms with Crippen LogP contribution in [0.5, 0.6) is 11.5 Å². The van der Waals surface area contributed by atoms with Crippen LogP contribution in [-0.4, -0.2) is 89.6 Å². The maximum Gasteiger partial charge on any atom is 0.295 e. The first-order valence-electron chi connectivity index (χ1n) is 12.7. The minimum absolute atomic E-state index is 0.00155. The molecule has 2 aliphatic heterocycles. The van der Waals surface area contributed by atoms with Gasteiger partial charge in [0.15, 0.2) is 17.3 Å². The van der Waals surface area contributed by atoms with E-state index < -0.39 is 17.7 Å². The summed E-state index contributed by atoms with van der Waals surface area (Å²) in [5.74, 6) is -0.801. The molecule has 0 saturated carbocycles. The summed E-state index contributed by atoms with van der Waals surface area (Å²) < 4.78 is 18.3. The number of carbonyl (C=O) groups is 2. The van der Waals surface area contributed by atoms with Crippen molar-refractivity contribution < 1.29 is 28.9 Å². The van der Waals surface area contributed by atoms with Crippen LogP contribution in [0.15, 0.2) is 48.2 Å². The van der Waals surface area contributed by atoms with E-state index in [0.29, 0.717) is 60.3 Å². The molecule has 1 atom stereocenters. The number of aromatic nitrogens is 2. The molecular weight excluding hydrogens is 488 g/mol. The molecule has 0 bridgehead atoms. The number of aliphatic hydroxyl groups excluding tert-OH is 1. The van der Waals surface area contributed by atoms with E-state index in [4.69, 9.17) is 14.2 Å². The number of fused-ring (bicyclic) bond motifs is 1. The number of ketones is 1. The van der Waals surface area contributed by atoms with E-state index in [2.05, 4.69) is 9.88 Å². The van der Waals surface area contributed by atoms with Gasteiger partial charge in [0.05, 0.1) is 44.7 Å². The molecule has 2 aliphatic rings. The van der Waals surface area contributed by atoms with Crippen LogP contribution in [0.25, 0.3) is 11.4 Å². The lowest BCUT2D eigenvalue weighted by atomic mass is 9.95. The number of methoxy groups -OCH3 is 2. The number of morpholine rings is 1. The van der Waals surface area contributed by atoms with E-state index in [9.17, 15) is 14.7 Å². The Labute approximate surface area is 221 Å². The summed E-state index contributed by atoms with van der Waals surface area (Å²) in [7, 11) is 3.04. The van der Waals surface area contributed by atoms with E-state index in [0.717, 1.165) is 19.6 Å². The van der Waals surface area contributed by atoms with Gasteiger partial charge in [0.1, 0.15) is 11.3 Å². The molecule has 10 heteroatoms. The van der Waals surface area contributed by atoms with E-state index in [1.165, 1.54) is 19.1 Å². The first-order valence-corrected chi connectivity index (χ1v) is 12.7. The number of carbonyl (C=O) groups excluding carboxylic acids is 2. The number of hydrogen-bond donors (Lipinski definition) is 1. The summed E-state index contributed by atoms with van der Waals surface area (Å²) in [5.41, 5.74) is 2.11. The van der Waals surface area contributed by atoms with Crippen molar-refractivity contribution in [2.75, 3.05) is 53.6 Å². The normalized spacial score (nSPS) is 19.9. The lowest BCUT2D eigenvalue weighted by Crippen LogP contribution is -2.39. The molecule has 0 unspecified atom stereocenters. The average Bonchev–Trinajstić information content (AvgIpc) is 3.41. The third-order valence-electron chi connectivity index (χ3n) is 7.17. The molecule has 3 aromatic rings. The van der Waals surface area contributed by atoms with Crippen molar-refractivity contribution in [2.45, 2.75) is 19.4 Å². The fourth-order valence-corrected chi connectivity index (χ4v) is 5.38. The van der Waals surface area contributed by atoms with Gasteiger partial charge < -0.3 is 24.2 Å². The van der Waals surface area contributed by atoms with E-state index >= 15 is 0 Å². The van der Waals surface area contributed by atoms with Gasteiger partial charge in [-0.3, -0.25) is 18.9 Å². The fourth-order valence-electron chi connectivity index (χ4n) is 5.38. The largest absolute Gasteiger partial charge is 0.505 e. The van der Waals surface area contributed by atoms with Crippen LogP contribution in [0.4, 0.5) is 0 Å². The van der Waals surface area contributed by atoms with Crippen molar-refractivity contribution in [1.29, 1.82) is 0 Å². The van der Waals surface area contributed by atoms with Gasteiger partial charge in [-0.25, -0.2) is 4.98 Å². The van der Waals surface area contributed by atoms with Crippen molar-refractivity contribution in [3.05, 3.63) is 65.1 Å². The van der Waals surface area contributed by atoms with Crippen LogP contribution < -0.4 is 9.47 Å². The monoisotopic (exact) mass is 520 g/mol. The number of ether oxygens (including phenoxy) is 3. The molecule has 0 radical (unpaired) electrons. The molecule has 0 aliphatic carbocycles. The van der Waals surface area contributed by atoms with Gasteiger partial charge in [-0.05, 0) is 31.5 Å². The van der Waals surface area contributed by atoms with Gasteiger partial charge in [-0.1, -0.05) is 18.2 Å². The van der Waals surface area contributed by atoms with Crippen molar-refractivity contribution in [2.24, 2.45) is 0 Å². The Morgan fingerprint density at radius 1 is 1.08 bits per heavy atom. The second-order valence-electron chi connectivity index (χ2n) is 9.36. The van der Waals surface area contributed by atoms with E-state index in [-0.39, 0.29) is 11.3 Å². The highest BCUT2D eigenvalue weighted by atomic mass is 16.5. The number of Topliss-reactive ketones (excluding diaryl/α,β-unsaturated/α-hetero) is 1. The Morgan fingerprint density at radius 3 is 2.61 bits per heavy atom. The van der Waals surface area contributed by atoms with Crippen LogP contribution in [0.3, 0.4) is 0 Å². The molecule has 5 rings (SSSR count). The van der Waals surface area contributed by atoms with Crippen LogP contribution in [0, 0.1) is 6.92 Å². The first kappa shape index (κ1) is 25.7. The minimum Gasteiger partial charge on any atom is -0.505 e. The SMILES string of the molecule is COc1cccc([C@H]2C(=C(O)c3c(C)nc4ccccn34)C(=O)C(=O)N2CCCN2CCOCC2)c1OC. The summed E-state index contributed by atoms with van der Waals surface area (Å²) in [4.78, 5) is 35.4. The number of pyridine rings is 1. The van der Waals surface area contributed by atoms with Crippen LogP contribution in [0.1, 0.15) is 29.4 Å². The number of imidazole rings is 1. The van der Waals surface area contributed by atoms with Gasteiger partial charge in [-0.2, -0.15) is 0 Å². The third kappa shape index (κ3) is 4.50. The van der Waals surface area contributed by atoms with Crippen LogP contribution in [0.2, 0.25) is 0 Å². The predicted molar refractivity (Wildman–Crippen MR) is 140 cm³/mol. The molecule has 2 aromatic heterocycles. The molecule has 1 aromatic carbocycles. The highest BCUT2D eigenvalue weighted by molar-refractivity contribution is 6.46.